The van der Waals surface area contributed by atoms with E-state index in [1.54, 1.807) is 35.2 Å². The van der Waals surface area contributed by atoms with Crippen LogP contribution in [0, 0.1) is 5.92 Å². The first-order valence-electron chi connectivity index (χ1n) is 9.20. The molecular formula is C19H25N5O2S. The Morgan fingerprint density at radius 1 is 1.22 bits per heavy atom. The van der Waals surface area contributed by atoms with Crippen LogP contribution in [0.4, 0.5) is 5.69 Å². The predicted octanol–water partition coefficient (Wildman–Crippen LogP) is 2.85. The van der Waals surface area contributed by atoms with Crippen molar-refractivity contribution >= 4 is 29.3 Å². The van der Waals surface area contributed by atoms with Crippen LogP contribution in [-0.2, 0) is 11.8 Å². The van der Waals surface area contributed by atoms with Crippen molar-refractivity contribution in [3.63, 3.8) is 0 Å². The van der Waals surface area contributed by atoms with Crippen LogP contribution in [0.15, 0.2) is 35.7 Å². The molecular weight excluding hydrogens is 362 g/mol. The molecule has 2 N–H and O–H groups in total. The molecule has 0 saturated heterocycles. The second-order valence-corrected chi connectivity index (χ2v) is 7.92. The van der Waals surface area contributed by atoms with Crippen LogP contribution in [0.5, 0.6) is 0 Å². The van der Waals surface area contributed by atoms with Gasteiger partial charge in [0.25, 0.3) is 5.91 Å². The fraction of sp³-hybridized carbons (Fsp3) is 0.474. The van der Waals surface area contributed by atoms with Gasteiger partial charge in [-0.25, -0.2) is 0 Å². The average molecular weight is 388 g/mol. The molecule has 3 rings (SSSR count). The van der Waals surface area contributed by atoms with E-state index in [1.165, 1.54) is 31.0 Å². The van der Waals surface area contributed by atoms with Crippen LogP contribution >= 0.6 is 11.8 Å². The fourth-order valence-electron chi connectivity index (χ4n) is 3.22. The van der Waals surface area contributed by atoms with E-state index in [1.807, 2.05) is 7.05 Å². The van der Waals surface area contributed by atoms with Gasteiger partial charge in [0.05, 0.1) is 5.75 Å². The van der Waals surface area contributed by atoms with Crippen molar-refractivity contribution in [1.29, 1.82) is 0 Å². The van der Waals surface area contributed by atoms with Crippen molar-refractivity contribution in [2.75, 3.05) is 11.1 Å². The SMILES string of the molecule is C[C@H]1CCCC[C@H]1NC(=O)c1ccc(NC(=O)CSc2nncn2C)cc1. The van der Waals surface area contributed by atoms with Crippen LogP contribution in [-0.4, -0.2) is 38.4 Å². The number of thioether (sulfide) groups is 1. The summed E-state index contributed by atoms with van der Waals surface area (Å²) in [6.07, 6.45) is 6.23. The summed E-state index contributed by atoms with van der Waals surface area (Å²) in [5.74, 6) is 0.585. The molecule has 1 fully saturated rings. The van der Waals surface area contributed by atoms with Gasteiger partial charge in [0.1, 0.15) is 6.33 Å². The van der Waals surface area contributed by atoms with Gasteiger partial charge in [-0.3, -0.25) is 9.59 Å². The first-order chi connectivity index (χ1) is 13.0. The lowest BCUT2D eigenvalue weighted by Crippen LogP contribution is -2.41. The molecule has 2 atom stereocenters. The minimum absolute atomic E-state index is 0.0514. The Kier molecular flexibility index (Phi) is 6.49. The molecule has 0 spiro atoms. The Morgan fingerprint density at radius 3 is 2.63 bits per heavy atom. The maximum absolute atomic E-state index is 12.4. The minimum Gasteiger partial charge on any atom is -0.349 e. The van der Waals surface area contributed by atoms with Gasteiger partial charge in [0.15, 0.2) is 5.16 Å². The molecule has 0 radical (unpaired) electrons. The first kappa shape index (κ1) is 19.4. The lowest BCUT2D eigenvalue weighted by atomic mass is 9.86. The van der Waals surface area contributed by atoms with Gasteiger partial charge in [-0.2, -0.15) is 0 Å². The number of anilines is 1. The molecule has 1 saturated carbocycles. The van der Waals surface area contributed by atoms with Gasteiger partial charge in [0.2, 0.25) is 5.91 Å². The van der Waals surface area contributed by atoms with Crippen LogP contribution in [0.2, 0.25) is 0 Å². The summed E-state index contributed by atoms with van der Waals surface area (Å²) in [5.41, 5.74) is 1.28. The number of carbonyl (C=O) groups excluding carboxylic acids is 2. The standard InChI is InChI=1S/C19H25N5O2S/c1-13-5-3-4-6-16(13)22-18(26)14-7-9-15(10-8-14)21-17(25)11-27-19-23-20-12-24(19)2/h7-10,12-13,16H,3-6,11H2,1-2H3,(H,21,25)(H,22,26)/t13-,16+/m0/s1. The van der Waals surface area contributed by atoms with Crippen LogP contribution < -0.4 is 10.6 Å². The molecule has 0 aliphatic heterocycles. The smallest absolute Gasteiger partial charge is 0.251 e. The van der Waals surface area contributed by atoms with Gasteiger partial charge in [-0.15, -0.1) is 10.2 Å². The zero-order chi connectivity index (χ0) is 19.2. The van der Waals surface area contributed by atoms with Gasteiger partial charge in [-0.1, -0.05) is 31.5 Å². The number of rotatable bonds is 6. The number of amides is 2. The highest BCUT2D eigenvalue weighted by Gasteiger charge is 2.23. The maximum atomic E-state index is 12.4. The van der Waals surface area contributed by atoms with E-state index >= 15 is 0 Å². The molecule has 1 aliphatic rings. The highest BCUT2D eigenvalue weighted by atomic mass is 32.2. The van der Waals surface area contributed by atoms with Crippen molar-refractivity contribution in [1.82, 2.24) is 20.1 Å². The summed E-state index contributed by atoms with van der Waals surface area (Å²) in [7, 11) is 1.83. The number of nitrogens with one attached hydrogen (secondary N) is 2. The molecule has 1 heterocycles. The quantitative estimate of drug-likeness (QED) is 0.744. The molecule has 1 aliphatic carbocycles. The summed E-state index contributed by atoms with van der Waals surface area (Å²) in [6, 6.07) is 7.25. The molecule has 1 aromatic heterocycles. The number of nitrogens with zero attached hydrogens (tertiary/aromatic N) is 3. The number of aryl methyl sites for hydroxylation is 1. The van der Waals surface area contributed by atoms with Gasteiger partial charge in [-0.05, 0) is 43.0 Å². The van der Waals surface area contributed by atoms with Crippen LogP contribution in [0.25, 0.3) is 0 Å². The Balaban J connectivity index is 1.49. The van der Waals surface area contributed by atoms with E-state index in [0.717, 1.165) is 6.42 Å². The van der Waals surface area contributed by atoms with Crippen molar-refractivity contribution in [2.45, 2.75) is 43.8 Å². The van der Waals surface area contributed by atoms with E-state index < -0.39 is 0 Å². The number of aromatic nitrogens is 3. The van der Waals surface area contributed by atoms with Gasteiger partial charge < -0.3 is 15.2 Å². The molecule has 8 heteroatoms. The molecule has 0 unspecified atom stereocenters. The van der Waals surface area contributed by atoms with Crippen molar-refractivity contribution < 1.29 is 9.59 Å². The zero-order valence-corrected chi connectivity index (χ0v) is 16.5. The molecule has 2 aromatic rings. The van der Waals surface area contributed by atoms with E-state index in [4.69, 9.17) is 0 Å². The van der Waals surface area contributed by atoms with Gasteiger partial charge >= 0.3 is 0 Å². The van der Waals surface area contributed by atoms with Crippen LogP contribution in [0.3, 0.4) is 0 Å². The highest BCUT2D eigenvalue weighted by molar-refractivity contribution is 7.99. The number of benzene rings is 1. The average Bonchev–Trinajstić information content (AvgIpc) is 3.07. The summed E-state index contributed by atoms with van der Waals surface area (Å²) >= 11 is 1.32. The Hall–Kier alpha value is -2.35. The maximum Gasteiger partial charge on any atom is 0.251 e. The number of hydrogen-bond donors (Lipinski definition) is 2. The van der Waals surface area contributed by atoms with E-state index in [9.17, 15) is 9.59 Å². The molecule has 144 valence electrons. The van der Waals surface area contributed by atoms with Crippen molar-refractivity contribution in [2.24, 2.45) is 13.0 Å². The third kappa shape index (κ3) is 5.32. The van der Waals surface area contributed by atoms with Gasteiger partial charge in [0, 0.05) is 24.3 Å². The summed E-state index contributed by atoms with van der Waals surface area (Å²) in [6.45, 7) is 2.20. The predicted molar refractivity (Wildman–Crippen MR) is 106 cm³/mol. The van der Waals surface area contributed by atoms with Crippen molar-refractivity contribution in [3.8, 4) is 0 Å². The summed E-state index contributed by atoms with van der Waals surface area (Å²) < 4.78 is 1.76. The highest BCUT2D eigenvalue weighted by Crippen LogP contribution is 2.24. The zero-order valence-electron chi connectivity index (χ0n) is 15.6. The van der Waals surface area contributed by atoms with Crippen LogP contribution in [0.1, 0.15) is 43.0 Å². The molecule has 2 amide bonds. The summed E-state index contributed by atoms with van der Waals surface area (Å²) in [4.78, 5) is 24.5. The second kappa shape index (κ2) is 9.03. The molecule has 27 heavy (non-hydrogen) atoms. The lowest BCUT2D eigenvalue weighted by Gasteiger charge is -2.29. The molecule has 0 bridgehead atoms. The van der Waals surface area contributed by atoms with E-state index in [0.29, 0.717) is 22.3 Å². The number of hydrogen-bond acceptors (Lipinski definition) is 5. The Morgan fingerprint density at radius 2 is 1.96 bits per heavy atom. The normalized spacial score (nSPS) is 19.5. The molecule has 7 nitrogen and oxygen atoms in total. The first-order valence-corrected chi connectivity index (χ1v) is 10.2. The summed E-state index contributed by atoms with van der Waals surface area (Å²) in [5, 5.41) is 14.4. The Labute approximate surface area is 163 Å². The molecule has 1 aromatic carbocycles. The minimum atomic E-state index is -0.128. The number of carbonyl (C=O) groups is 2. The third-order valence-electron chi connectivity index (χ3n) is 4.86. The second-order valence-electron chi connectivity index (χ2n) is 6.98. The van der Waals surface area contributed by atoms with E-state index in [2.05, 4.69) is 27.8 Å². The lowest BCUT2D eigenvalue weighted by molar-refractivity contribution is -0.113. The topological polar surface area (TPSA) is 88.9 Å². The third-order valence-corrected chi connectivity index (χ3v) is 5.90. The Bertz CT molecular complexity index is 790. The monoisotopic (exact) mass is 387 g/mol. The largest absolute Gasteiger partial charge is 0.349 e. The fourth-order valence-corrected chi connectivity index (χ4v) is 3.91. The van der Waals surface area contributed by atoms with Crippen molar-refractivity contribution in [3.05, 3.63) is 36.2 Å². The van der Waals surface area contributed by atoms with E-state index in [-0.39, 0.29) is 23.6 Å².